The molecule has 1 heterocycles. The van der Waals surface area contributed by atoms with Gasteiger partial charge in [0.15, 0.2) is 0 Å². The second-order valence-electron chi connectivity index (χ2n) is 4.32. The highest BCUT2D eigenvalue weighted by atomic mass is 35.5. The molecule has 0 spiro atoms. The highest BCUT2D eigenvalue weighted by Crippen LogP contribution is 2.23. The Morgan fingerprint density at radius 1 is 1.13 bits per heavy atom. The van der Waals surface area contributed by atoms with E-state index >= 15 is 0 Å². The van der Waals surface area contributed by atoms with Crippen LogP contribution in [0.5, 0.6) is 0 Å². The molecule has 0 saturated carbocycles. The number of halogens is 1. The highest BCUT2D eigenvalue weighted by molar-refractivity contribution is 5.99. The average Bonchev–Trinajstić information content (AvgIpc) is 2.90. The molecule has 3 N–H and O–H groups in total. The van der Waals surface area contributed by atoms with Crippen molar-refractivity contribution in [1.82, 2.24) is 4.98 Å². The van der Waals surface area contributed by atoms with Gasteiger partial charge in [-0.05, 0) is 18.9 Å². The summed E-state index contributed by atoms with van der Waals surface area (Å²) >= 11 is 0. The Balaban J connectivity index is 0.00000484. The molecule has 0 saturated heterocycles. The van der Waals surface area contributed by atoms with Gasteiger partial charge in [0.1, 0.15) is 5.69 Å². The van der Waals surface area contributed by atoms with Crippen LogP contribution in [0.25, 0.3) is 0 Å². The van der Waals surface area contributed by atoms with Crippen molar-refractivity contribution in [1.29, 1.82) is 0 Å². The Labute approximate surface area is 140 Å². The Bertz CT molecular complexity index is 570. The third-order valence-electron chi connectivity index (χ3n) is 3.06. The number of aromatic nitrogens is 1. The maximum absolute atomic E-state index is 12.1. The van der Waals surface area contributed by atoms with Crippen molar-refractivity contribution >= 4 is 30.3 Å². The van der Waals surface area contributed by atoms with Gasteiger partial charge >= 0.3 is 17.9 Å². The minimum Gasteiger partial charge on any atom is -0.469 e. The molecule has 0 fully saturated rings. The van der Waals surface area contributed by atoms with Gasteiger partial charge in [-0.25, -0.2) is 9.59 Å². The van der Waals surface area contributed by atoms with E-state index in [4.69, 9.17) is 10.5 Å². The van der Waals surface area contributed by atoms with E-state index in [1.807, 2.05) is 0 Å². The Morgan fingerprint density at radius 2 is 1.78 bits per heavy atom. The summed E-state index contributed by atoms with van der Waals surface area (Å²) in [4.78, 5) is 38.1. The molecule has 8 nitrogen and oxygen atoms in total. The molecule has 0 aliphatic heterocycles. The summed E-state index contributed by atoms with van der Waals surface area (Å²) in [5.41, 5.74) is 6.58. The van der Waals surface area contributed by atoms with E-state index < -0.39 is 17.9 Å². The lowest BCUT2D eigenvalue weighted by Gasteiger charge is -2.07. The van der Waals surface area contributed by atoms with Crippen LogP contribution < -0.4 is 5.73 Å². The number of ether oxygens (including phenoxy) is 3. The Kier molecular flexibility index (Phi) is 8.97. The van der Waals surface area contributed by atoms with E-state index in [1.165, 1.54) is 14.2 Å². The van der Waals surface area contributed by atoms with E-state index in [0.717, 1.165) is 0 Å². The van der Waals surface area contributed by atoms with Crippen LogP contribution in [0, 0.1) is 0 Å². The molecule has 1 aromatic rings. The highest BCUT2D eigenvalue weighted by Gasteiger charge is 2.27. The number of H-pyrrole nitrogens is 1. The van der Waals surface area contributed by atoms with Crippen LogP contribution in [0.1, 0.15) is 45.4 Å². The standard InChI is InChI=1S/C14H20N2O6.ClH/c1-4-22-13(18)11-8(5-6-10(17)20-2)12(14(19)21-3)16-9(11)7-15;/h16H,4-7,15H2,1-3H3;1H. The summed E-state index contributed by atoms with van der Waals surface area (Å²) in [6.45, 7) is 1.86. The molecule has 0 aliphatic carbocycles. The van der Waals surface area contributed by atoms with Gasteiger partial charge in [-0.15, -0.1) is 12.4 Å². The van der Waals surface area contributed by atoms with Crippen molar-refractivity contribution in [3.05, 3.63) is 22.5 Å². The van der Waals surface area contributed by atoms with Crippen LogP contribution in [0.4, 0.5) is 0 Å². The number of esters is 3. The quantitative estimate of drug-likeness (QED) is 0.556. The van der Waals surface area contributed by atoms with Crippen molar-refractivity contribution in [2.75, 3.05) is 20.8 Å². The molecule has 1 aromatic heterocycles. The van der Waals surface area contributed by atoms with Crippen LogP contribution in [0.15, 0.2) is 0 Å². The van der Waals surface area contributed by atoms with Crippen LogP contribution >= 0.6 is 12.4 Å². The van der Waals surface area contributed by atoms with Crippen molar-refractivity contribution in [2.45, 2.75) is 26.3 Å². The fraction of sp³-hybridized carbons (Fsp3) is 0.500. The third kappa shape index (κ3) is 4.97. The number of hydrogen-bond donors (Lipinski definition) is 2. The van der Waals surface area contributed by atoms with Crippen molar-refractivity contribution in [3.8, 4) is 0 Å². The normalized spacial score (nSPS) is 9.74. The predicted octanol–water partition coefficient (Wildman–Crippen LogP) is 0.964. The van der Waals surface area contributed by atoms with Crippen molar-refractivity contribution in [3.63, 3.8) is 0 Å². The van der Waals surface area contributed by atoms with Crippen LogP contribution in [0.3, 0.4) is 0 Å². The number of rotatable bonds is 7. The topological polar surface area (TPSA) is 121 Å². The molecule has 9 heteroatoms. The van der Waals surface area contributed by atoms with Gasteiger partial charge in [0, 0.05) is 18.7 Å². The molecule has 0 atom stereocenters. The van der Waals surface area contributed by atoms with Gasteiger partial charge in [-0.2, -0.15) is 0 Å². The zero-order valence-corrected chi connectivity index (χ0v) is 14.1. The second-order valence-corrected chi connectivity index (χ2v) is 4.32. The molecule has 0 bridgehead atoms. The Hall–Kier alpha value is -2.06. The van der Waals surface area contributed by atoms with Gasteiger partial charge in [0.05, 0.1) is 26.4 Å². The van der Waals surface area contributed by atoms with Gasteiger partial charge < -0.3 is 24.9 Å². The maximum Gasteiger partial charge on any atom is 0.354 e. The maximum atomic E-state index is 12.1. The van der Waals surface area contributed by atoms with E-state index in [-0.39, 0.29) is 49.7 Å². The number of aromatic amines is 1. The molecule has 130 valence electrons. The van der Waals surface area contributed by atoms with Gasteiger partial charge in [0.25, 0.3) is 0 Å². The minimum absolute atomic E-state index is 0. The number of methoxy groups -OCH3 is 2. The Morgan fingerprint density at radius 3 is 2.26 bits per heavy atom. The lowest BCUT2D eigenvalue weighted by molar-refractivity contribution is -0.140. The van der Waals surface area contributed by atoms with Crippen LogP contribution in [-0.2, 0) is 32.0 Å². The molecule has 0 aliphatic rings. The van der Waals surface area contributed by atoms with E-state index in [0.29, 0.717) is 11.3 Å². The summed E-state index contributed by atoms with van der Waals surface area (Å²) in [6, 6.07) is 0. The SMILES string of the molecule is CCOC(=O)c1c(CN)[nH]c(C(=O)OC)c1CCC(=O)OC.Cl. The summed E-state index contributed by atoms with van der Waals surface area (Å²) in [5, 5.41) is 0. The number of nitrogens with one attached hydrogen (secondary N) is 1. The molecule has 0 radical (unpaired) electrons. The minimum atomic E-state index is -0.648. The van der Waals surface area contributed by atoms with Crippen LogP contribution in [0.2, 0.25) is 0 Å². The first kappa shape index (κ1) is 20.9. The van der Waals surface area contributed by atoms with E-state index in [1.54, 1.807) is 6.92 Å². The summed E-state index contributed by atoms with van der Waals surface area (Å²) in [7, 11) is 2.48. The van der Waals surface area contributed by atoms with Crippen molar-refractivity contribution in [2.24, 2.45) is 5.73 Å². The molecule has 1 rings (SSSR count). The fourth-order valence-corrected chi connectivity index (χ4v) is 2.05. The zero-order valence-electron chi connectivity index (χ0n) is 13.3. The first-order valence-electron chi connectivity index (χ1n) is 6.76. The summed E-state index contributed by atoms with van der Waals surface area (Å²) < 4.78 is 14.2. The molecule has 0 unspecified atom stereocenters. The fourth-order valence-electron chi connectivity index (χ4n) is 2.05. The number of carbonyl (C=O) groups excluding carboxylic acids is 3. The smallest absolute Gasteiger partial charge is 0.354 e. The lowest BCUT2D eigenvalue weighted by Crippen LogP contribution is -2.13. The monoisotopic (exact) mass is 348 g/mol. The third-order valence-corrected chi connectivity index (χ3v) is 3.06. The molecular formula is C14H21ClN2O6. The largest absolute Gasteiger partial charge is 0.469 e. The number of hydrogen-bond acceptors (Lipinski definition) is 7. The summed E-state index contributed by atoms with van der Waals surface area (Å²) in [6.07, 6.45) is 0.135. The summed E-state index contributed by atoms with van der Waals surface area (Å²) in [5.74, 6) is -1.71. The van der Waals surface area contributed by atoms with Crippen molar-refractivity contribution < 1.29 is 28.6 Å². The van der Waals surface area contributed by atoms with Crippen LogP contribution in [-0.4, -0.2) is 43.7 Å². The van der Waals surface area contributed by atoms with E-state index in [9.17, 15) is 14.4 Å². The van der Waals surface area contributed by atoms with Gasteiger partial charge in [-0.1, -0.05) is 0 Å². The molecule has 0 aromatic carbocycles. The first-order valence-corrected chi connectivity index (χ1v) is 6.76. The number of nitrogens with two attached hydrogens (primary N) is 1. The first-order chi connectivity index (χ1) is 10.5. The van der Waals surface area contributed by atoms with Gasteiger partial charge in [0.2, 0.25) is 0 Å². The average molecular weight is 349 g/mol. The number of carbonyl (C=O) groups is 3. The molecule has 0 amide bonds. The van der Waals surface area contributed by atoms with E-state index in [2.05, 4.69) is 14.5 Å². The van der Waals surface area contributed by atoms with Gasteiger partial charge in [-0.3, -0.25) is 4.79 Å². The molecular weight excluding hydrogens is 328 g/mol. The predicted molar refractivity (Wildman–Crippen MR) is 83.6 cm³/mol. The zero-order chi connectivity index (χ0) is 16.7. The second kappa shape index (κ2) is 9.86. The lowest BCUT2D eigenvalue weighted by atomic mass is 10.0. The molecule has 23 heavy (non-hydrogen) atoms.